The Morgan fingerprint density at radius 1 is 0.900 bits per heavy atom. The van der Waals surface area contributed by atoms with Crippen LogP contribution in [-0.4, -0.2) is 65.4 Å². The maximum Gasteiger partial charge on any atom is 0.248 e. The molecule has 1 fully saturated rings. The average molecular weight is 412 g/mol. The molecule has 2 aromatic rings. The van der Waals surface area contributed by atoms with E-state index < -0.39 is 0 Å². The summed E-state index contributed by atoms with van der Waals surface area (Å²) in [6, 6.07) is 11.5. The van der Waals surface area contributed by atoms with E-state index >= 15 is 0 Å². The normalized spacial score (nSPS) is 14.6. The number of benzene rings is 2. The zero-order valence-corrected chi connectivity index (χ0v) is 18.0. The van der Waals surface area contributed by atoms with Crippen molar-refractivity contribution in [2.24, 2.45) is 0 Å². The van der Waals surface area contributed by atoms with Crippen LogP contribution in [0.4, 0.5) is 11.4 Å². The number of likely N-dealkylation sites (N-methyl/N-ethyl adjacent to an activating group) is 1. The molecular weight excluding hydrogens is 382 g/mol. The fourth-order valence-corrected chi connectivity index (χ4v) is 3.43. The quantitative estimate of drug-likeness (QED) is 0.707. The summed E-state index contributed by atoms with van der Waals surface area (Å²) in [5.41, 5.74) is 2.64. The number of ether oxygens (including phenoxy) is 3. The lowest BCUT2D eigenvalue weighted by Crippen LogP contribution is -2.44. The van der Waals surface area contributed by atoms with Gasteiger partial charge in [-0.15, -0.1) is 0 Å². The average Bonchev–Trinajstić information content (AvgIpc) is 2.78. The third-order valence-electron chi connectivity index (χ3n) is 5.15. The third kappa shape index (κ3) is 5.04. The van der Waals surface area contributed by atoms with Crippen LogP contribution >= 0.6 is 0 Å². The number of carbonyl (C=O) groups excluding carboxylic acids is 1. The second-order valence-electron chi connectivity index (χ2n) is 7.08. The van der Waals surface area contributed by atoms with Crippen molar-refractivity contribution < 1.29 is 19.0 Å². The van der Waals surface area contributed by atoms with Gasteiger partial charge in [-0.1, -0.05) is 0 Å². The first-order valence-corrected chi connectivity index (χ1v) is 9.87. The van der Waals surface area contributed by atoms with Gasteiger partial charge in [0.2, 0.25) is 11.7 Å². The predicted octanol–water partition coefficient (Wildman–Crippen LogP) is 3.12. The maximum absolute atomic E-state index is 12.4. The van der Waals surface area contributed by atoms with Gasteiger partial charge in [0, 0.05) is 49.2 Å². The van der Waals surface area contributed by atoms with Gasteiger partial charge >= 0.3 is 0 Å². The van der Waals surface area contributed by atoms with Crippen LogP contribution in [0.2, 0.25) is 0 Å². The van der Waals surface area contributed by atoms with Gasteiger partial charge in [-0.25, -0.2) is 0 Å². The van der Waals surface area contributed by atoms with E-state index in [2.05, 4.69) is 22.2 Å². The highest BCUT2D eigenvalue weighted by Crippen LogP contribution is 2.40. The molecule has 1 aliphatic rings. The molecule has 0 radical (unpaired) electrons. The Morgan fingerprint density at radius 3 is 2.17 bits per heavy atom. The maximum atomic E-state index is 12.4. The first kappa shape index (κ1) is 21.5. The lowest BCUT2D eigenvalue weighted by Gasteiger charge is -2.34. The Labute approximate surface area is 177 Å². The SMILES string of the molecule is COc1ccc(/C=C/C(=O)Nc2ccc(N3CCN(C)CC3)cc2)c(OC)c1OC. The van der Waals surface area contributed by atoms with E-state index in [4.69, 9.17) is 14.2 Å². The van der Waals surface area contributed by atoms with E-state index in [1.54, 1.807) is 33.5 Å². The number of nitrogens with zero attached hydrogens (tertiary/aromatic N) is 2. The number of carbonyl (C=O) groups is 1. The van der Waals surface area contributed by atoms with Gasteiger partial charge < -0.3 is 29.3 Å². The summed E-state index contributed by atoms with van der Waals surface area (Å²) >= 11 is 0. The van der Waals surface area contributed by atoms with Gasteiger partial charge in [0.1, 0.15) is 0 Å². The topological polar surface area (TPSA) is 63.3 Å². The van der Waals surface area contributed by atoms with Crippen LogP contribution in [-0.2, 0) is 4.79 Å². The van der Waals surface area contributed by atoms with Crippen molar-refractivity contribution in [1.82, 2.24) is 4.90 Å². The van der Waals surface area contributed by atoms with Crippen molar-refractivity contribution in [3.8, 4) is 17.2 Å². The zero-order chi connectivity index (χ0) is 21.5. The molecule has 2 aromatic carbocycles. The van der Waals surface area contributed by atoms with Crippen molar-refractivity contribution in [3.05, 3.63) is 48.0 Å². The second kappa shape index (κ2) is 10.0. The van der Waals surface area contributed by atoms with Gasteiger partial charge in [-0.05, 0) is 49.5 Å². The molecule has 1 saturated heterocycles. The number of nitrogens with one attached hydrogen (secondary N) is 1. The number of rotatable bonds is 7. The van der Waals surface area contributed by atoms with E-state index in [1.807, 2.05) is 30.3 Å². The minimum absolute atomic E-state index is 0.223. The van der Waals surface area contributed by atoms with Gasteiger partial charge in [0.05, 0.1) is 21.3 Å². The van der Waals surface area contributed by atoms with Crippen LogP contribution < -0.4 is 24.4 Å². The monoisotopic (exact) mass is 411 g/mol. The fraction of sp³-hybridized carbons (Fsp3) is 0.348. The summed E-state index contributed by atoms with van der Waals surface area (Å²) in [4.78, 5) is 17.1. The van der Waals surface area contributed by atoms with Crippen LogP contribution in [0.1, 0.15) is 5.56 Å². The highest BCUT2D eigenvalue weighted by Gasteiger charge is 2.15. The minimum atomic E-state index is -0.223. The first-order chi connectivity index (χ1) is 14.5. The van der Waals surface area contributed by atoms with E-state index in [0.717, 1.165) is 37.4 Å². The number of amides is 1. The number of hydrogen-bond acceptors (Lipinski definition) is 6. The molecule has 1 N–H and O–H groups in total. The molecule has 0 bridgehead atoms. The summed E-state index contributed by atoms with van der Waals surface area (Å²) in [5, 5.41) is 2.89. The molecule has 0 aromatic heterocycles. The molecule has 30 heavy (non-hydrogen) atoms. The molecule has 0 spiro atoms. The van der Waals surface area contributed by atoms with Crippen LogP contribution in [0.25, 0.3) is 6.08 Å². The highest BCUT2D eigenvalue weighted by atomic mass is 16.5. The fourth-order valence-electron chi connectivity index (χ4n) is 3.43. The molecule has 7 nitrogen and oxygen atoms in total. The van der Waals surface area contributed by atoms with Gasteiger partial charge in [-0.3, -0.25) is 4.79 Å². The molecular formula is C23H29N3O4. The van der Waals surface area contributed by atoms with Crippen molar-refractivity contribution in [2.45, 2.75) is 0 Å². The minimum Gasteiger partial charge on any atom is -0.493 e. The van der Waals surface area contributed by atoms with Crippen molar-refractivity contribution in [1.29, 1.82) is 0 Å². The smallest absolute Gasteiger partial charge is 0.248 e. The van der Waals surface area contributed by atoms with Crippen LogP contribution in [0, 0.1) is 0 Å². The highest BCUT2D eigenvalue weighted by molar-refractivity contribution is 6.02. The van der Waals surface area contributed by atoms with E-state index in [9.17, 15) is 4.79 Å². The molecule has 0 atom stereocenters. The number of piperazine rings is 1. The Kier molecular flexibility index (Phi) is 7.19. The van der Waals surface area contributed by atoms with Crippen LogP contribution in [0.5, 0.6) is 17.2 Å². The number of methoxy groups -OCH3 is 3. The Morgan fingerprint density at radius 2 is 1.57 bits per heavy atom. The molecule has 3 rings (SSSR count). The summed E-state index contributed by atoms with van der Waals surface area (Å²) in [5.74, 6) is 1.34. The molecule has 1 heterocycles. The molecule has 1 aliphatic heterocycles. The first-order valence-electron chi connectivity index (χ1n) is 9.87. The lowest BCUT2D eigenvalue weighted by molar-refractivity contribution is -0.111. The summed E-state index contributed by atoms with van der Waals surface area (Å²) in [6.07, 6.45) is 3.16. The molecule has 0 saturated carbocycles. The lowest BCUT2D eigenvalue weighted by atomic mass is 10.1. The van der Waals surface area contributed by atoms with Crippen molar-refractivity contribution >= 4 is 23.4 Å². The zero-order valence-electron chi connectivity index (χ0n) is 18.0. The molecule has 1 amide bonds. The van der Waals surface area contributed by atoms with Crippen molar-refractivity contribution in [3.63, 3.8) is 0 Å². The Balaban J connectivity index is 1.65. The Hall–Kier alpha value is -3.19. The molecule has 7 heteroatoms. The van der Waals surface area contributed by atoms with Gasteiger partial charge in [0.25, 0.3) is 0 Å². The summed E-state index contributed by atoms with van der Waals surface area (Å²) < 4.78 is 16.1. The van der Waals surface area contributed by atoms with Crippen LogP contribution in [0.3, 0.4) is 0 Å². The largest absolute Gasteiger partial charge is 0.493 e. The molecule has 0 aliphatic carbocycles. The van der Waals surface area contributed by atoms with Gasteiger partial charge in [-0.2, -0.15) is 0 Å². The van der Waals surface area contributed by atoms with E-state index in [-0.39, 0.29) is 5.91 Å². The second-order valence-corrected chi connectivity index (χ2v) is 7.08. The number of hydrogen-bond donors (Lipinski definition) is 1. The predicted molar refractivity (Wildman–Crippen MR) is 120 cm³/mol. The summed E-state index contributed by atoms with van der Waals surface area (Å²) in [6.45, 7) is 4.14. The standard InChI is InChI=1S/C23H29N3O4/c1-25-13-15-26(16-14-25)19-9-7-18(8-10-19)24-21(27)12-6-17-5-11-20(28-2)23(30-4)22(17)29-3/h5-12H,13-16H2,1-4H3,(H,24,27)/b12-6+. The summed E-state index contributed by atoms with van der Waals surface area (Å²) in [7, 11) is 6.80. The molecule has 0 unspecified atom stereocenters. The van der Waals surface area contributed by atoms with Crippen LogP contribution in [0.15, 0.2) is 42.5 Å². The molecule has 160 valence electrons. The van der Waals surface area contributed by atoms with E-state index in [0.29, 0.717) is 17.2 Å². The van der Waals surface area contributed by atoms with E-state index in [1.165, 1.54) is 11.8 Å². The van der Waals surface area contributed by atoms with Gasteiger partial charge in [0.15, 0.2) is 11.5 Å². The third-order valence-corrected chi connectivity index (χ3v) is 5.15. The van der Waals surface area contributed by atoms with Crippen molar-refractivity contribution in [2.75, 3.05) is 64.8 Å². The number of anilines is 2. The Bertz CT molecular complexity index is 888.